The fraction of sp³-hybridized carbons (Fsp3) is 0.296. The molecular weight excluding hydrogens is 400 g/mol. The summed E-state index contributed by atoms with van der Waals surface area (Å²) in [5.41, 5.74) is 3.13. The van der Waals surface area contributed by atoms with Gasteiger partial charge in [-0.05, 0) is 68.1 Å². The quantitative estimate of drug-likeness (QED) is 0.360. The summed E-state index contributed by atoms with van der Waals surface area (Å²) >= 11 is 0. The molecule has 5 nitrogen and oxygen atoms in total. The first-order chi connectivity index (χ1) is 15.5. The van der Waals surface area contributed by atoms with E-state index >= 15 is 0 Å². The molecule has 1 aliphatic rings. The number of hydrogen-bond acceptors (Lipinski definition) is 4. The Morgan fingerprint density at radius 2 is 1.50 bits per heavy atom. The maximum absolute atomic E-state index is 13.4. The molecule has 4 rings (SSSR count). The molecular formula is C27H28N2O3. The van der Waals surface area contributed by atoms with Crippen LogP contribution in [0.5, 0.6) is 0 Å². The summed E-state index contributed by atoms with van der Waals surface area (Å²) in [6, 6.07) is 16.4. The minimum absolute atomic E-state index is 0.117. The zero-order valence-corrected chi connectivity index (χ0v) is 18.9. The second-order valence-electron chi connectivity index (χ2n) is 8.05. The summed E-state index contributed by atoms with van der Waals surface area (Å²) in [7, 11) is 0. The van der Waals surface area contributed by atoms with Crippen LogP contribution in [0.25, 0.3) is 10.8 Å². The van der Waals surface area contributed by atoms with Gasteiger partial charge in [0.25, 0.3) is 11.8 Å². The number of benzene rings is 3. The fourth-order valence-electron chi connectivity index (χ4n) is 4.43. The molecule has 1 heterocycles. The first-order valence-corrected chi connectivity index (χ1v) is 11.3. The topological polar surface area (TPSA) is 57.7 Å². The number of nitrogens with zero attached hydrogens (tertiary/aromatic N) is 2. The second-order valence-corrected chi connectivity index (χ2v) is 8.05. The predicted octanol–water partition coefficient (Wildman–Crippen LogP) is 5.31. The highest BCUT2D eigenvalue weighted by molar-refractivity contribution is 6.28. The molecule has 0 aromatic heterocycles. The summed E-state index contributed by atoms with van der Waals surface area (Å²) in [4.78, 5) is 43.0. The Hall–Kier alpha value is -3.47. The minimum atomic E-state index is -0.283. The van der Waals surface area contributed by atoms with E-state index in [4.69, 9.17) is 0 Å². The lowest BCUT2D eigenvalue weighted by Gasteiger charge is -2.27. The van der Waals surface area contributed by atoms with Gasteiger partial charge in [-0.1, -0.05) is 25.5 Å². The molecule has 164 valence electrons. The van der Waals surface area contributed by atoms with Gasteiger partial charge in [0.1, 0.15) is 0 Å². The molecule has 0 N–H and O–H groups in total. The first kappa shape index (κ1) is 21.8. The molecule has 32 heavy (non-hydrogen) atoms. The van der Waals surface area contributed by atoms with E-state index in [1.165, 1.54) is 4.90 Å². The SMILES string of the molecule is CCCCN1C(=O)c2cccc3c(C(=O)c4ccc(N(CC)CC)cc4)ccc(c23)C1=O. The van der Waals surface area contributed by atoms with Crippen molar-refractivity contribution in [1.29, 1.82) is 0 Å². The van der Waals surface area contributed by atoms with Crippen molar-refractivity contribution in [3.8, 4) is 0 Å². The first-order valence-electron chi connectivity index (χ1n) is 11.3. The molecule has 0 aliphatic carbocycles. The summed E-state index contributed by atoms with van der Waals surface area (Å²) in [5, 5.41) is 1.23. The molecule has 0 atom stereocenters. The Morgan fingerprint density at radius 3 is 2.12 bits per heavy atom. The number of anilines is 1. The van der Waals surface area contributed by atoms with E-state index in [9.17, 15) is 14.4 Å². The van der Waals surface area contributed by atoms with E-state index in [2.05, 4.69) is 18.7 Å². The minimum Gasteiger partial charge on any atom is -0.372 e. The van der Waals surface area contributed by atoms with Crippen molar-refractivity contribution >= 4 is 34.1 Å². The molecule has 2 amide bonds. The number of ketones is 1. The third-order valence-electron chi connectivity index (χ3n) is 6.23. The second kappa shape index (κ2) is 8.95. The molecule has 0 saturated carbocycles. The maximum Gasteiger partial charge on any atom is 0.261 e. The van der Waals surface area contributed by atoms with Gasteiger partial charge >= 0.3 is 0 Å². The summed E-state index contributed by atoms with van der Waals surface area (Å²) in [6.07, 6.45) is 1.66. The summed E-state index contributed by atoms with van der Waals surface area (Å²) in [6.45, 7) is 8.43. The molecule has 3 aromatic carbocycles. The number of amides is 2. The Balaban J connectivity index is 1.76. The molecule has 0 bridgehead atoms. The van der Waals surface area contributed by atoms with Gasteiger partial charge in [0.05, 0.1) is 0 Å². The number of rotatable bonds is 8. The highest BCUT2D eigenvalue weighted by Gasteiger charge is 2.33. The highest BCUT2D eigenvalue weighted by atomic mass is 16.2. The van der Waals surface area contributed by atoms with Crippen LogP contribution in [0.1, 0.15) is 70.3 Å². The standard InChI is InChI=1S/C27H28N2O3/c1-4-7-17-29-26(31)22-10-8-9-20-21(15-16-23(24(20)22)27(29)32)25(30)18-11-13-19(14-12-18)28(5-2)6-3/h8-16H,4-7,17H2,1-3H3. The number of carbonyl (C=O) groups is 3. The lowest BCUT2D eigenvalue weighted by Crippen LogP contribution is -2.40. The van der Waals surface area contributed by atoms with Gasteiger partial charge < -0.3 is 4.90 Å². The Labute approximate surface area is 188 Å². The van der Waals surface area contributed by atoms with Crippen LogP contribution in [0, 0.1) is 0 Å². The van der Waals surface area contributed by atoms with Crippen molar-refractivity contribution in [2.24, 2.45) is 0 Å². The number of imide groups is 1. The number of hydrogen-bond donors (Lipinski definition) is 0. The van der Waals surface area contributed by atoms with E-state index in [0.717, 1.165) is 31.6 Å². The summed E-state index contributed by atoms with van der Waals surface area (Å²) in [5.74, 6) is -0.683. The van der Waals surface area contributed by atoms with Crippen molar-refractivity contribution in [2.45, 2.75) is 33.6 Å². The highest BCUT2D eigenvalue weighted by Crippen LogP contribution is 2.33. The smallest absolute Gasteiger partial charge is 0.261 e. The van der Waals surface area contributed by atoms with E-state index in [1.54, 1.807) is 24.3 Å². The largest absolute Gasteiger partial charge is 0.372 e. The van der Waals surface area contributed by atoms with Gasteiger partial charge in [0.2, 0.25) is 0 Å². The van der Waals surface area contributed by atoms with Crippen molar-refractivity contribution < 1.29 is 14.4 Å². The normalized spacial score (nSPS) is 13.0. The van der Waals surface area contributed by atoms with Gasteiger partial charge in [0.15, 0.2) is 5.78 Å². The molecule has 0 unspecified atom stereocenters. The van der Waals surface area contributed by atoms with Gasteiger partial charge in [0, 0.05) is 53.0 Å². The third kappa shape index (κ3) is 3.58. The van der Waals surface area contributed by atoms with Crippen molar-refractivity contribution in [3.05, 3.63) is 76.9 Å². The van der Waals surface area contributed by atoms with E-state index in [-0.39, 0.29) is 17.6 Å². The van der Waals surface area contributed by atoms with Gasteiger partial charge in [-0.3, -0.25) is 19.3 Å². The van der Waals surface area contributed by atoms with Crippen LogP contribution in [0.3, 0.4) is 0 Å². The van der Waals surface area contributed by atoms with Crippen LogP contribution in [-0.4, -0.2) is 42.1 Å². The molecule has 1 aliphatic heterocycles. The van der Waals surface area contributed by atoms with E-state index in [0.29, 0.717) is 39.6 Å². The number of carbonyl (C=O) groups excluding carboxylic acids is 3. The molecule has 0 fully saturated rings. The fourth-order valence-corrected chi connectivity index (χ4v) is 4.43. The van der Waals surface area contributed by atoms with Crippen LogP contribution in [0.2, 0.25) is 0 Å². The maximum atomic E-state index is 13.4. The third-order valence-corrected chi connectivity index (χ3v) is 6.23. The Morgan fingerprint density at radius 1 is 0.844 bits per heavy atom. The molecule has 5 heteroatoms. The lowest BCUT2D eigenvalue weighted by atomic mass is 9.89. The van der Waals surface area contributed by atoms with Gasteiger partial charge in [-0.25, -0.2) is 0 Å². The Bertz CT molecular complexity index is 1170. The average molecular weight is 429 g/mol. The van der Waals surface area contributed by atoms with Crippen LogP contribution < -0.4 is 4.90 Å². The lowest BCUT2D eigenvalue weighted by molar-refractivity contribution is 0.0608. The molecule has 0 spiro atoms. The molecule has 0 radical (unpaired) electrons. The Kier molecular flexibility index (Phi) is 6.08. The van der Waals surface area contributed by atoms with E-state index in [1.807, 2.05) is 37.3 Å². The monoisotopic (exact) mass is 428 g/mol. The average Bonchev–Trinajstić information content (AvgIpc) is 2.83. The zero-order chi connectivity index (χ0) is 22.8. The van der Waals surface area contributed by atoms with Crippen LogP contribution >= 0.6 is 0 Å². The zero-order valence-electron chi connectivity index (χ0n) is 18.9. The van der Waals surface area contributed by atoms with Crippen LogP contribution in [0.15, 0.2) is 54.6 Å². The van der Waals surface area contributed by atoms with Crippen LogP contribution in [0.4, 0.5) is 5.69 Å². The summed E-state index contributed by atoms with van der Waals surface area (Å²) < 4.78 is 0. The van der Waals surface area contributed by atoms with Gasteiger partial charge in [-0.2, -0.15) is 0 Å². The van der Waals surface area contributed by atoms with E-state index < -0.39 is 0 Å². The number of unbranched alkanes of at least 4 members (excludes halogenated alkanes) is 1. The van der Waals surface area contributed by atoms with Crippen molar-refractivity contribution in [3.63, 3.8) is 0 Å². The van der Waals surface area contributed by atoms with Crippen molar-refractivity contribution in [1.82, 2.24) is 4.90 Å². The molecule has 3 aromatic rings. The molecule has 0 saturated heterocycles. The van der Waals surface area contributed by atoms with Gasteiger partial charge in [-0.15, -0.1) is 0 Å². The van der Waals surface area contributed by atoms with Crippen LogP contribution in [-0.2, 0) is 0 Å². The van der Waals surface area contributed by atoms with Crippen molar-refractivity contribution in [2.75, 3.05) is 24.5 Å². The predicted molar refractivity (Wildman–Crippen MR) is 128 cm³/mol.